The molecule has 3 N–H and O–H groups in total. The monoisotopic (exact) mass is 259 g/mol. The zero-order chi connectivity index (χ0) is 12.8. The molecule has 18 heavy (non-hydrogen) atoms. The standard InChI is InChI=1S/C14H17N3S/c1-11-7-8-13(18-11)10-17-14(15)16-9-12-5-3-2-4-6-12/h2-8H,9-10H2,1H3,(H3,15,16,17). The normalized spacial score (nSPS) is 11.5. The van der Waals surface area contributed by atoms with Crippen LogP contribution in [0.3, 0.4) is 0 Å². The summed E-state index contributed by atoms with van der Waals surface area (Å²) in [6.07, 6.45) is 0. The molecular weight excluding hydrogens is 242 g/mol. The second-order valence-corrected chi connectivity index (χ2v) is 5.43. The molecule has 0 saturated carbocycles. The number of nitrogens with one attached hydrogen (secondary N) is 1. The maximum absolute atomic E-state index is 5.82. The Hall–Kier alpha value is -1.81. The van der Waals surface area contributed by atoms with Crippen LogP contribution < -0.4 is 11.1 Å². The van der Waals surface area contributed by atoms with E-state index >= 15 is 0 Å². The fraction of sp³-hybridized carbons (Fsp3) is 0.214. The Labute approximate surface area is 111 Å². The Balaban J connectivity index is 1.82. The maximum Gasteiger partial charge on any atom is 0.189 e. The second kappa shape index (κ2) is 6.21. The van der Waals surface area contributed by atoms with Crippen LogP contribution in [0.5, 0.6) is 0 Å². The van der Waals surface area contributed by atoms with E-state index in [1.807, 2.05) is 30.3 Å². The molecule has 0 fully saturated rings. The van der Waals surface area contributed by atoms with Crippen molar-refractivity contribution >= 4 is 17.3 Å². The molecule has 0 bridgehead atoms. The van der Waals surface area contributed by atoms with Gasteiger partial charge in [0.2, 0.25) is 0 Å². The first kappa shape index (κ1) is 12.6. The first-order chi connectivity index (χ1) is 8.74. The summed E-state index contributed by atoms with van der Waals surface area (Å²) < 4.78 is 0. The van der Waals surface area contributed by atoms with Gasteiger partial charge in [0.1, 0.15) is 0 Å². The van der Waals surface area contributed by atoms with E-state index in [1.165, 1.54) is 9.75 Å². The summed E-state index contributed by atoms with van der Waals surface area (Å²) in [6, 6.07) is 14.3. The maximum atomic E-state index is 5.82. The highest BCUT2D eigenvalue weighted by molar-refractivity contribution is 7.11. The summed E-state index contributed by atoms with van der Waals surface area (Å²) in [7, 11) is 0. The number of rotatable bonds is 4. The third kappa shape index (κ3) is 3.89. The number of aliphatic imine (C=N–C) groups is 1. The smallest absolute Gasteiger partial charge is 0.189 e. The van der Waals surface area contributed by atoms with Crippen LogP contribution in [0, 0.1) is 6.92 Å². The Bertz CT molecular complexity index is 517. The largest absolute Gasteiger partial charge is 0.370 e. The Morgan fingerprint density at radius 1 is 1.22 bits per heavy atom. The van der Waals surface area contributed by atoms with Crippen molar-refractivity contribution in [2.75, 3.05) is 0 Å². The van der Waals surface area contributed by atoms with Crippen molar-refractivity contribution in [3.05, 3.63) is 57.8 Å². The Kier molecular flexibility index (Phi) is 4.36. The fourth-order valence-electron chi connectivity index (χ4n) is 1.57. The van der Waals surface area contributed by atoms with Crippen LogP contribution in [-0.4, -0.2) is 5.96 Å². The zero-order valence-corrected chi connectivity index (χ0v) is 11.2. The molecule has 4 heteroatoms. The zero-order valence-electron chi connectivity index (χ0n) is 10.4. The van der Waals surface area contributed by atoms with Crippen molar-refractivity contribution in [2.45, 2.75) is 20.0 Å². The molecule has 1 aromatic carbocycles. The molecule has 0 amide bonds. The molecular formula is C14H17N3S. The van der Waals surface area contributed by atoms with Gasteiger partial charge >= 0.3 is 0 Å². The van der Waals surface area contributed by atoms with Crippen LogP contribution in [0.4, 0.5) is 0 Å². The molecule has 2 aromatic rings. The van der Waals surface area contributed by atoms with Gasteiger partial charge in [0.05, 0.1) is 13.1 Å². The molecule has 0 spiro atoms. The number of benzene rings is 1. The van der Waals surface area contributed by atoms with E-state index < -0.39 is 0 Å². The van der Waals surface area contributed by atoms with Gasteiger partial charge in [-0.05, 0) is 24.6 Å². The molecule has 0 radical (unpaired) electrons. The minimum absolute atomic E-state index is 0.491. The highest BCUT2D eigenvalue weighted by Crippen LogP contribution is 2.14. The molecule has 2 rings (SSSR count). The van der Waals surface area contributed by atoms with Crippen LogP contribution in [0.2, 0.25) is 0 Å². The molecule has 0 unspecified atom stereocenters. The van der Waals surface area contributed by atoms with Crippen LogP contribution in [0.1, 0.15) is 15.3 Å². The molecule has 1 aromatic heterocycles. The number of hydrogen-bond acceptors (Lipinski definition) is 2. The van der Waals surface area contributed by atoms with E-state index in [-0.39, 0.29) is 0 Å². The SMILES string of the molecule is Cc1ccc(CNC(N)=NCc2ccccc2)s1. The van der Waals surface area contributed by atoms with Crippen LogP contribution in [0.15, 0.2) is 47.5 Å². The van der Waals surface area contributed by atoms with Gasteiger partial charge in [-0.25, -0.2) is 4.99 Å². The summed E-state index contributed by atoms with van der Waals surface area (Å²) in [4.78, 5) is 6.88. The minimum atomic E-state index is 0.491. The minimum Gasteiger partial charge on any atom is -0.370 e. The van der Waals surface area contributed by atoms with Crippen molar-refractivity contribution in [2.24, 2.45) is 10.7 Å². The van der Waals surface area contributed by atoms with E-state index in [9.17, 15) is 0 Å². The van der Waals surface area contributed by atoms with Gasteiger partial charge in [-0.2, -0.15) is 0 Å². The molecule has 1 heterocycles. The van der Waals surface area contributed by atoms with Crippen molar-refractivity contribution < 1.29 is 0 Å². The summed E-state index contributed by atoms with van der Waals surface area (Å²) in [5.74, 6) is 0.491. The van der Waals surface area contributed by atoms with Gasteiger partial charge in [0.25, 0.3) is 0 Å². The molecule has 3 nitrogen and oxygen atoms in total. The fourth-order valence-corrected chi connectivity index (χ4v) is 2.40. The topological polar surface area (TPSA) is 50.4 Å². The first-order valence-corrected chi connectivity index (χ1v) is 6.69. The highest BCUT2D eigenvalue weighted by atomic mass is 32.1. The van der Waals surface area contributed by atoms with E-state index in [4.69, 9.17) is 5.73 Å². The number of guanidine groups is 1. The number of aryl methyl sites for hydroxylation is 1. The first-order valence-electron chi connectivity index (χ1n) is 5.87. The van der Waals surface area contributed by atoms with Crippen molar-refractivity contribution in [3.8, 4) is 0 Å². The Morgan fingerprint density at radius 2 is 2.00 bits per heavy atom. The van der Waals surface area contributed by atoms with Crippen LogP contribution in [0.25, 0.3) is 0 Å². The van der Waals surface area contributed by atoms with Crippen molar-refractivity contribution in [3.63, 3.8) is 0 Å². The summed E-state index contributed by atoms with van der Waals surface area (Å²) in [5, 5.41) is 3.12. The molecule has 0 saturated heterocycles. The number of nitrogens with two attached hydrogens (primary N) is 1. The highest BCUT2D eigenvalue weighted by Gasteiger charge is 1.97. The molecule has 0 aliphatic carbocycles. The average molecular weight is 259 g/mol. The van der Waals surface area contributed by atoms with Gasteiger partial charge in [0.15, 0.2) is 5.96 Å². The van der Waals surface area contributed by atoms with E-state index in [2.05, 4.69) is 29.4 Å². The predicted molar refractivity (Wildman–Crippen MR) is 77.7 cm³/mol. The third-order valence-electron chi connectivity index (χ3n) is 2.51. The summed E-state index contributed by atoms with van der Waals surface area (Å²) >= 11 is 1.77. The van der Waals surface area contributed by atoms with Gasteiger partial charge in [-0.1, -0.05) is 30.3 Å². The summed E-state index contributed by atoms with van der Waals surface area (Å²) in [6.45, 7) is 3.45. The van der Waals surface area contributed by atoms with Gasteiger partial charge in [0, 0.05) is 9.75 Å². The lowest BCUT2D eigenvalue weighted by atomic mass is 10.2. The van der Waals surface area contributed by atoms with Gasteiger partial charge in [-0.15, -0.1) is 11.3 Å². The lowest BCUT2D eigenvalue weighted by Gasteiger charge is -2.03. The van der Waals surface area contributed by atoms with Crippen molar-refractivity contribution in [1.82, 2.24) is 5.32 Å². The molecule has 0 aliphatic rings. The molecule has 0 atom stereocenters. The Morgan fingerprint density at radius 3 is 2.67 bits per heavy atom. The van der Waals surface area contributed by atoms with Crippen LogP contribution in [-0.2, 0) is 13.1 Å². The van der Waals surface area contributed by atoms with Gasteiger partial charge < -0.3 is 11.1 Å². The van der Waals surface area contributed by atoms with E-state index in [0.717, 1.165) is 12.1 Å². The lowest BCUT2D eigenvalue weighted by Crippen LogP contribution is -2.30. The van der Waals surface area contributed by atoms with E-state index in [0.29, 0.717) is 12.5 Å². The van der Waals surface area contributed by atoms with Gasteiger partial charge in [-0.3, -0.25) is 0 Å². The molecule has 94 valence electrons. The van der Waals surface area contributed by atoms with E-state index in [1.54, 1.807) is 11.3 Å². The third-order valence-corrected chi connectivity index (χ3v) is 3.52. The number of nitrogens with zero attached hydrogens (tertiary/aromatic N) is 1. The number of thiophene rings is 1. The lowest BCUT2D eigenvalue weighted by molar-refractivity contribution is 0.899. The second-order valence-electron chi connectivity index (χ2n) is 4.05. The summed E-state index contributed by atoms with van der Waals surface area (Å²) in [5.41, 5.74) is 6.98. The molecule has 0 aliphatic heterocycles. The average Bonchev–Trinajstić information content (AvgIpc) is 2.81. The number of hydrogen-bond donors (Lipinski definition) is 2. The van der Waals surface area contributed by atoms with Crippen LogP contribution >= 0.6 is 11.3 Å². The quantitative estimate of drug-likeness (QED) is 0.655. The predicted octanol–water partition coefficient (Wildman–Crippen LogP) is 2.66. The van der Waals surface area contributed by atoms with Crippen molar-refractivity contribution in [1.29, 1.82) is 0 Å².